The van der Waals surface area contributed by atoms with Crippen LogP contribution in [0.5, 0.6) is 0 Å². The number of nitrogens with zero attached hydrogens (tertiary/aromatic N) is 2. The van der Waals surface area contributed by atoms with Crippen LogP contribution >= 0.6 is 0 Å². The molecule has 1 fully saturated rings. The minimum atomic E-state index is -1.40. The van der Waals surface area contributed by atoms with E-state index in [2.05, 4.69) is 0 Å². The van der Waals surface area contributed by atoms with E-state index in [1.54, 1.807) is 6.07 Å². The Balaban J connectivity index is 1.72. The van der Waals surface area contributed by atoms with Gasteiger partial charge in [0.1, 0.15) is 12.0 Å². The fourth-order valence-electron chi connectivity index (χ4n) is 3.52. The number of ether oxygens (including phenoxy) is 1. The Morgan fingerprint density at radius 1 is 1.07 bits per heavy atom. The number of benzene rings is 2. The number of carbonyl (C=O) groups excluding carboxylic acids is 1. The van der Waals surface area contributed by atoms with Crippen LogP contribution < -0.4 is 0 Å². The molecule has 28 heavy (non-hydrogen) atoms. The van der Waals surface area contributed by atoms with Crippen LogP contribution in [-0.2, 0) is 21.6 Å². The maximum atomic E-state index is 12.3. The number of nitro benzene ring substituents is 1. The molecule has 8 heteroatoms. The molecule has 0 bridgehead atoms. The lowest BCUT2D eigenvalue weighted by molar-refractivity contribution is -0.386. The van der Waals surface area contributed by atoms with Crippen molar-refractivity contribution in [1.82, 2.24) is 4.90 Å². The van der Waals surface area contributed by atoms with Gasteiger partial charge in [-0.25, -0.2) is 4.79 Å². The summed E-state index contributed by atoms with van der Waals surface area (Å²) in [5.74, 6) is -1.13. The first kappa shape index (κ1) is 19.3. The second kappa shape index (κ2) is 8.08. The van der Waals surface area contributed by atoms with E-state index < -0.39 is 22.4 Å². The zero-order chi connectivity index (χ0) is 20.1. The van der Waals surface area contributed by atoms with Crippen molar-refractivity contribution < 1.29 is 24.4 Å². The second-order valence-electron chi connectivity index (χ2n) is 6.69. The van der Waals surface area contributed by atoms with Crippen molar-refractivity contribution in [1.29, 1.82) is 0 Å². The van der Waals surface area contributed by atoms with Crippen molar-refractivity contribution in [3.8, 4) is 0 Å². The Morgan fingerprint density at radius 3 is 2.29 bits per heavy atom. The number of amides is 1. The molecule has 1 heterocycles. The maximum Gasteiger partial charge on any atom is 0.410 e. The van der Waals surface area contributed by atoms with E-state index in [0.717, 1.165) is 5.56 Å². The molecule has 1 aliphatic heterocycles. The van der Waals surface area contributed by atoms with E-state index in [4.69, 9.17) is 4.74 Å². The lowest BCUT2D eigenvalue weighted by Gasteiger charge is -2.38. The van der Waals surface area contributed by atoms with Gasteiger partial charge in [-0.15, -0.1) is 0 Å². The molecule has 0 unspecified atom stereocenters. The molecule has 146 valence electrons. The lowest BCUT2D eigenvalue weighted by atomic mass is 9.72. The van der Waals surface area contributed by atoms with E-state index in [0.29, 0.717) is 0 Å². The summed E-state index contributed by atoms with van der Waals surface area (Å²) < 4.78 is 5.30. The fourth-order valence-corrected chi connectivity index (χ4v) is 3.52. The van der Waals surface area contributed by atoms with Crippen LogP contribution in [0.3, 0.4) is 0 Å². The molecule has 1 saturated heterocycles. The average Bonchev–Trinajstić information content (AvgIpc) is 2.72. The predicted molar refractivity (Wildman–Crippen MR) is 99.8 cm³/mol. The first-order chi connectivity index (χ1) is 13.4. The molecule has 0 aromatic heterocycles. The topological polar surface area (TPSA) is 110 Å². The van der Waals surface area contributed by atoms with E-state index >= 15 is 0 Å². The summed E-state index contributed by atoms with van der Waals surface area (Å²) in [5, 5.41) is 21.2. The largest absolute Gasteiger partial charge is 0.481 e. The van der Waals surface area contributed by atoms with Crippen LogP contribution in [-0.4, -0.2) is 40.1 Å². The van der Waals surface area contributed by atoms with Crippen molar-refractivity contribution in [2.24, 2.45) is 0 Å². The molecule has 1 amide bonds. The standard InChI is InChI=1S/C20H20N2O6/c23-18(24)20(16-8-4-5-9-17(16)22(26)27)10-12-21(13-11-20)19(25)28-14-15-6-2-1-3-7-15/h1-9H,10-14H2,(H,23,24). The second-order valence-corrected chi connectivity index (χ2v) is 6.69. The summed E-state index contributed by atoms with van der Waals surface area (Å²) in [4.78, 5) is 36.6. The summed E-state index contributed by atoms with van der Waals surface area (Å²) in [7, 11) is 0. The average molecular weight is 384 g/mol. The Hall–Kier alpha value is -3.42. The minimum absolute atomic E-state index is 0.0770. The molecule has 0 spiro atoms. The van der Waals surface area contributed by atoms with Crippen LogP contribution in [0.25, 0.3) is 0 Å². The van der Waals surface area contributed by atoms with Crippen molar-refractivity contribution in [2.45, 2.75) is 24.9 Å². The zero-order valence-corrected chi connectivity index (χ0v) is 15.1. The molecule has 0 aliphatic carbocycles. The van der Waals surface area contributed by atoms with E-state index in [9.17, 15) is 24.8 Å². The molecule has 0 atom stereocenters. The van der Waals surface area contributed by atoms with Gasteiger partial charge in [0.2, 0.25) is 0 Å². The van der Waals surface area contributed by atoms with Gasteiger partial charge in [-0.05, 0) is 18.4 Å². The Bertz CT molecular complexity index is 875. The molecule has 2 aromatic carbocycles. The van der Waals surface area contributed by atoms with Gasteiger partial charge >= 0.3 is 12.1 Å². The highest BCUT2D eigenvalue weighted by Crippen LogP contribution is 2.40. The molecule has 0 radical (unpaired) electrons. The number of para-hydroxylation sites is 1. The Labute approximate surface area is 161 Å². The van der Waals surface area contributed by atoms with Gasteiger partial charge < -0.3 is 14.7 Å². The third-order valence-electron chi connectivity index (χ3n) is 5.11. The number of carboxylic acid groups (broad SMARTS) is 1. The number of hydrogen-bond acceptors (Lipinski definition) is 5. The van der Waals surface area contributed by atoms with Gasteiger partial charge in [0.05, 0.1) is 4.92 Å². The predicted octanol–water partition coefficient (Wildman–Crippen LogP) is 3.35. The Kier molecular flexibility index (Phi) is 5.58. The zero-order valence-electron chi connectivity index (χ0n) is 15.1. The fraction of sp³-hybridized carbons (Fsp3) is 0.300. The van der Waals surface area contributed by atoms with Gasteiger partial charge in [0.25, 0.3) is 5.69 Å². The number of rotatable bonds is 5. The molecule has 1 N–H and O–H groups in total. The highest BCUT2D eigenvalue weighted by Gasteiger charge is 2.47. The van der Waals surface area contributed by atoms with Crippen molar-refractivity contribution >= 4 is 17.7 Å². The van der Waals surface area contributed by atoms with Gasteiger partial charge in [-0.2, -0.15) is 0 Å². The first-order valence-corrected chi connectivity index (χ1v) is 8.87. The summed E-state index contributed by atoms with van der Waals surface area (Å²) >= 11 is 0. The number of carbonyl (C=O) groups is 2. The molecule has 3 rings (SSSR count). The maximum absolute atomic E-state index is 12.3. The van der Waals surface area contributed by atoms with E-state index in [1.807, 2.05) is 30.3 Å². The van der Waals surface area contributed by atoms with Gasteiger partial charge in [0, 0.05) is 24.7 Å². The molecule has 2 aromatic rings. The summed E-state index contributed by atoms with van der Waals surface area (Å²) in [5.41, 5.74) is -0.595. The van der Waals surface area contributed by atoms with E-state index in [-0.39, 0.29) is 43.8 Å². The third kappa shape index (κ3) is 3.80. The molecule has 8 nitrogen and oxygen atoms in total. The monoisotopic (exact) mass is 384 g/mol. The SMILES string of the molecule is O=C(OCc1ccccc1)N1CCC(C(=O)O)(c2ccccc2[N+](=O)[O-])CC1. The lowest BCUT2D eigenvalue weighted by Crippen LogP contribution is -2.49. The number of carboxylic acids is 1. The Morgan fingerprint density at radius 2 is 1.68 bits per heavy atom. The number of aliphatic carboxylic acids is 1. The van der Waals surface area contributed by atoms with Crippen LogP contribution in [0.2, 0.25) is 0 Å². The van der Waals surface area contributed by atoms with Crippen LogP contribution in [0, 0.1) is 10.1 Å². The number of piperidine rings is 1. The first-order valence-electron chi connectivity index (χ1n) is 8.87. The number of nitro groups is 1. The van der Waals surface area contributed by atoms with Crippen molar-refractivity contribution in [3.63, 3.8) is 0 Å². The van der Waals surface area contributed by atoms with Crippen LogP contribution in [0.4, 0.5) is 10.5 Å². The van der Waals surface area contributed by atoms with Gasteiger partial charge in [-0.1, -0.05) is 48.5 Å². The molecular formula is C20H20N2O6. The molecule has 1 aliphatic rings. The van der Waals surface area contributed by atoms with Gasteiger partial charge in [-0.3, -0.25) is 14.9 Å². The quantitative estimate of drug-likeness (QED) is 0.625. The summed E-state index contributed by atoms with van der Waals surface area (Å²) in [6.07, 6.45) is -0.369. The highest BCUT2D eigenvalue weighted by molar-refractivity contribution is 5.83. The van der Waals surface area contributed by atoms with Crippen LogP contribution in [0.15, 0.2) is 54.6 Å². The summed E-state index contributed by atoms with van der Waals surface area (Å²) in [6, 6.07) is 15.1. The number of hydrogen-bond donors (Lipinski definition) is 1. The smallest absolute Gasteiger partial charge is 0.410 e. The summed E-state index contributed by atoms with van der Waals surface area (Å²) in [6.45, 7) is 0.419. The third-order valence-corrected chi connectivity index (χ3v) is 5.11. The highest BCUT2D eigenvalue weighted by atomic mass is 16.6. The van der Waals surface area contributed by atoms with Crippen LogP contribution in [0.1, 0.15) is 24.0 Å². The molecule has 0 saturated carbocycles. The van der Waals surface area contributed by atoms with Gasteiger partial charge in [0.15, 0.2) is 0 Å². The van der Waals surface area contributed by atoms with E-state index in [1.165, 1.54) is 23.1 Å². The molecular weight excluding hydrogens is 364 g/mol. The van der Waals surface area contributed by atoms with Crippen molar-refractivity contribution in [2.75, 3.05) is 13.1 Å². The number of likely N-dealkylation sites (tertiary alicyclic amines) is 1. The minimum Gasteiger partial charge on any atom is -0.481 e. The normalized spacial score (nSPS) is 15.6. The van der Waals surface area contributed by atoms with Crippen molar-refractivity contribution in [3.05, 3.63) is 75.8 Å².